The van der Waals surface area contributed by atoms with Crippen molar-refractivity contribution in [2.45, 2.75) is 45.6 Å². The molecule has 2 aromatic rings. The van der Waals surface area contributed by atoms with Crippen LogP contribution >= 0.6 is 0 Å². The van der Waals surface area contributed by atoms with Gasteiger partial charge in [0.2, 0.25) is 0 Å². The fourth-order valence-corrected chi connectivity index (χ4v) is 4.18. The highest BCUT2D eigenvalue weighted by molar-refractivity contribution is 6.11. The fourth-order valence-electron chi connectivity index (χ4n) is 4.18. The van der Waals surface area contributed by atoms with Crippen LogP contribution in [0.15, 0.2) is 36.4 Å². The van der Waals surface area contributed by atoms with Crippen molar-refractivity contribution in [3.8, 4) is 0 Å². The average Bonchev–Trinajstić information content (AvgIpc) is 3.22. The maximum atomic E-state index is 13.1. The van der Waals surface area contributed by atoms with Gasteiger partial charge in [0.05, 0.1) is 6.54 Å². The first-order valence-corrected chi connectivity index (χ1v) is 9.66. The first-order valence-electron chi connectivity index (χ1n) is 9.66. The molecule has 1 fully saturated rings. The third-order valence-corrected chi connectivity index (χ3v) is 5.95. The molecule has 0 aromatic heterocycles. The van der Waals surface area contributed by atoms with Crippen molar-refractivity contribution in [1.29, 1.82) is 0 Å². The van der Waals surface area contributed by atoms with Crippen LogP contribution < -0.4 is 5.32 Å². The topological polar surface area (TPSA) is 66.5 Å². The molecular weight excluding hydrogens is 352 g/mol. The lowest BCUT2D eigenvalue weighted by atomic mass is 9.89. The Labute approximate surface area is 164 Å². The van der Waals surface area contributed by atoms with Crippen molar-refractivity contribution in [3.63, 3.8) is 0 Å². The first kappa shape index (κ1) is 18.4. The maximum Gasteiger partial charge on any atom is 0.325 e. The second-order valence-corrected chi connectivity index (χ2v) is 8.03. The molecule has 0 saturated carbocycles. The van der Waals surface area contributed by atoms with E-state index >= 15 is 0 Å². The second kappa shape index (κ2) is 6.59. The van der Waals surface area contributed by atoms with Gasteiger partial charge in [0, 0.05) is 5.56 Å². The highest BCUT2D eigenvalue weighted by Gasteiger charge is 2.49. The van der Waals surface area contributed by atoms with Gasteiger partial charge in [0.15, 0.2) is 5.78 Å². The number of hydrogen-bond donors (Lipinski definition) is 1. The molecule has 5 nitrogen and oxygen atoms in total. The zero-order valence-electron chi connectivity index (χ0n) is 16.5. The van der Waals surface area contributed by atoms with Crippen LogP contribution in [0.25, 0.3) is 0 Å². The van der Waals surface area contributed by atoms with E-state index in [1.165, 1.54) is 11.1 Å². The molecule has 0 bridgehead atoms. The number of fused-ring (bicyclic) bond motifs is 1. The molecule has 1 aliphatic heterocycles. The molecule has 1 unspecified atom stereocenters. The van der Waals surface area contributed by atoms with Gasteiger partial charge in [0.1, 0.15) is 5.54 Å². The van der Waals surface area contributed by atoms with E-state index in [9.17, 15) is 14.4 Å². The molecule has 2 aliphatic rings. The van der Waals surface area contributed by atoms with Gasteiger partial charge in [-0.15, -0.1) is 0 Å². The van der Waals surface area contributed by atoms with Crippen LogP contribution in [0, 0.1) is 13.8 Å². The maximum absolute atomic E-state index is 13.1. The number of carbonyl (C=O) groups is 3. The molecular formula is C23H24N2O3. The van der Waals surface area contributed by atoms with Gasteiger partial charge in [-0.1, -0.05) is 35.9 Å². The quantitative estimate of drug-likeness (QED) is 0.657. The zero-order valence-corrected chi connectivity index (χ0v) is 16.5. The number of aryl methyl sites for hydroxylation is 4. The Kier molecular flexibility index (Phi) is 4.33. The summed E-state index contributed by atoms with van der Waals surface area (Å²) in [6.45, 7) is 5.23. The first-order chi connectivity index (χ1) is 13.3. The predicted molar refractivity (Wildman–Crippen MR) is 106 cm³/mol. The minimum absolute atomic E-state index is 0.233. The molecule has 144 valence electrons. The lowest BCUT2D eigenvalue weighted by Gasteiger charge is -2.23. The minimum Gasteiger partial charge on any atom is -0.319 e. The Morgan fingerprint density at radius 1 is 1.07 bits per heavy atom. The summed E-state index contributed by atoms with van der Waals surface area (Å²) in [6, 6.07) is 11.1. The third kappa shape index (κ3) is 2.91. The Hall–Kier alpha value is -2.95. The Bertz CT molecular complexity index is 1010. The highest BCUT2D eigenvalue weighted by Crippen LogP contribution is 2.32. The van der Waals surface area contributed by atoms with Gasteiger partial charge >= 0.3 is 6.03 Å². The Morgan fingerprint density at radius 3 is 2.61 bits per heavy atom. The molecule has 2 aromatic carbocycles. The van der Waals surface area contributed by atoms with Crippen LogP contribution in [0.1, 0.15) is 51.5 Å². The lowest BCUT2D eigenvalue weighted by molar-refractivity contribution is -0.130. The number of hydrogen-bond acceptors (Lipinski definition) is 3. The number of amides is 3. The SMILES string of the molecule is Cc1ccc(C)c(C(=O)CN2C(=O)NC(C)(c3ccc4c(c3)CCC4)C2=O)c1. The molecule has 28 heavy (non-hydrogen) atoms. The molecule has 3 amide bonds. The van der Waals surface area contributed by atoms with Gasteiger partial charge in [-0.05, 0) is 68.4 Å². The molecule has 5 heteroatoms. The third-order valence-electron chi connectivity index (χ3n) is 5.95. The number of rotatable bonds is 4. The van der Waals surface area contributed by atoms with Gasteiger partial charge in [-0.3, -0.25) is 14.5 Å². The molecule has 0 spiro atoms. The summed E-state index contributed by atoms with van der Waals surface area (Å²) in [5.74, 6) is -0.614. The molecule has 1 atom stereocenters. The zero-order chi connectivity index (χ0) is 20.1. The normalized spacial score (nSPS) is 21.0. The largest absolute Gasteiger partial charge is 0.325 e. The highest BCUT2D eigenvalue weighted by atomic mass is 16.2. The minimum atomic E-state index is -1.14. The summed E-state index contributed by atoms with van der Waals surface area (Å²) in [5.41, 5.74) is 4.53. The van der Waals surface area contributed by atoms with Gasteiger partial charge < -0.3 is 5.32 Å². The van der Waals surface area contributed by atoms with E-state index in [0.717, 1.165) is 40.9 Å². The number of nitrogens with one attached hydrogen (secondary N) is 1. The molecule has 4 rings (SSSR count). The van der Waals surface area contributed by atoms with Crippen molar-refractivity contribution in [1.82, 2.24) is 10.2 Å². The predicted octanol–water partition coefficient (Wildman–Crippen LogP) is 3.44. The summed E-state index contributed by atoms with van der Waals surface area (Å²) in [6.07, 6.45) is 3.17. The van der Waals surface area contributed by atoms with Gasteiger partial charge in [0.25, 0.3) is 5.91 Å². The van der Waals surface area contributed by atoms with Gasteiger partial charge in [-0.2, -0.15) is 0 Å². The van der Waals surface area contributed by atoms with Crippen LogP contribution in [-0.4, -0.2) is 29.2 Å². The number of imide groups is 1. The van der Waals surface area contributed by atoms with Crippen LogP contribution in [0.3, 0.4) is 0 Å². The Balaban J connectivity index is 1.60. The number of Topliss-reactive ketones (excluding diaryl/α,β-unsaturated/α-hetero) is 1. The van der Waals surface area contributed by atoms with Crippen LogP contribution in [-0.2, 0) is 23.2 Å². The van der Waals surface area contributed by atoms with Crippen molar-refractivity contribution >= 4 is 17.7 Å². The average molecular weight is 376 g/mol. The molecule has 1 heterocycles. The molecule has 1 aliphatic carbocycles. The standard InChI is InChI=1S/C23H24N2O3/c1-14-7-8-15(2)19(11-14)20(26)13-25-21(27)23(3,24-22(25)28)18-10-9-16-5-4-6-17(16)12-18/h7-12H,4-6,13H2,1-3H3,(H,24,28). The van der Waals surface area contributed by atoms with E-state index in [2.05, 4.69) is 5.32 Å². The van der Waals surface area contributed by atoms with Crippen LogP contribution in [0.4, 0.5) is 4.79 Å². The molecule has 1 N–H and O–H groups in total. The van der Waals surface area contributed by atoms with E-state index in [1.54, 1.807) is 13.0 Å². The number of urea groups is 1. The van der Waals surface area contributed by atoms with Crippen molar-refractivity contribution < 1.29 is 14.4 Å². The summed E-state index contributed by atoms with van der Waals surface area (Å²) >= 11 is 0. The number of carbonyl (C=O) groups excluding carboxylic acids is 3. The molecule has 1 saturated heterocycles. The fraction of sp³-hybridized carbons (Fsp3) is 0.348. The van der Waals surface area contributed by atoms with E-state index in [1.807, 2.05) is 44.2 Å². The van der Waals surface area contributed by atoms with Crippen molar-refractivity contribution in [3.05, 3.63) is 69.8 Å². The Morgan fingerprint density at radius 2 is 1.82 bits per heavy atom. The van der Waals surface area contributed by atoms with E-state index < -0.39 is 11.6 Å². The summed E-state index contributed by atoms with van der Waals surface area (Å²) < 4.78 is 0. The smallest absolute Gasteiger partial charge is 0.319 e. The summed E-state index contributed by atoms with van der Waals surface area (Å²) in [5, 5.41) is 2.81. The van der Waals surface area contributed by atoms with E-state index in [0.29, 0.717) is 5.56 Å². The number of nitrogens with zero attached hydrogens (tertiary/aromatic N) is 1. The van der Waals surface area contributed by atoms with Crippen molar-refractivity contribution in [2.24, 2.45) is 0 Å². The lowest BCUT2D eigenvalue weighted by Crippen LogP contribution is -2.41. The monoisotopic (exact) mass is 376 g/mol. The second-order valence-electron chi connectivity index (χ2n) is 8.03. The van der Waals surface area contributed by atoms with E-state index in [4.69, 9.17) is 0 Å². The van der Waals surface area contributed by atoms with Crippen LogP contribution in [0.2, 0.25) is 0 Å². The summed E-state index contributed by atoms with van der Waals surface area (Å²) in [4.78, 5) is 39.5. The molecule has 0 radical (unpaired) electrons. The van der Waals surface area contributed by atoms with E-state index in [-0.39, 0.29) is 18.2 Å². The van der Waals surface area contributed by atoms with Crippen molar-refractivity contribution in [2.75, 3.05) is 6.54 Å². The number of benzene rings is 2. The van der Waals surface area contributed by atoms with Crippen LogP contribution in [0.5, 0.6) is 0 Å². The number of ketones is 1. The summed E-state index contributed by atoms with van der Waals surface area (Å²) in [7, 11) is 0. The van der Waals surface area contributed by atoms with Gasteiger partial charge in [-0.25, -0.2) is 4.79 Å².